The van der Waals surface area contributed by atoms with Gasteiger partial charge in [-0.3, -0.25) is 4.68 Å². The minimum Gasteiger partial charge on any atom is -0.396 e. The molecule has 78 valence electrons. The number of nitrogens with two attached hydrogens (primary N) is 1. The highest BCUT2D eigenvalue weighted by molar-refractivity contribution is 9.10. The molecule has 1 heterocycles. The second-order valence-corrected chi connectivity index (χ2v) is 3.97. The van der Waals surface area contributed by atoms with Gasteiger partial charge in [-0.15, -0.1) is 0 Å². The Labute approximate surface area is 94.8 Å². The van der Waals surface area contributed by atoms with E-state index in [0.717, 1.165) is 0 Å². The van der Waals surface area contributed by atoms with E-state index >= 15 is 0 Å². The smallest absolute Gasteiger partial charge is 0.138 e. The zero-order valence-electron chi connectivity index (χ0n) is 8.04. The molecule has 5 heteroatoms. The van der Waals surface area contributed by atoms with Gasteiger partial charge >= 0.3 is 0 Å². The molecule has 1 aromatic carbocycles. The second-order valence-electron chi connectivity index (χ2n) is 3.17. The Hall–Kier alpha value is -1.36. The molecular weight excluding hydrogens is 261 g/mol. The lowest BCUT2D eigenvalue weighted by Crippen LogP contribution is -1.97. The summed E-state index contributed by atoms with van der Waals surface area (Å²) in [6.45, 7) is 0. The molecule has 15 heavy (non-hydrogen) atoms. The predicted octanol–water partition coefficient (Wildman–Crippen LogP) is 2.57. The van der Waals surface area contributed by atoms with E-state index in [1.807, 2.05) is 0 Å². The summed E-state index contributed by atoms with van der Waals surface area (Å²) in [4.78, 5) is 0. The third-order valence-electron chi connectivity index (χ3n) is 2.17. The number of aryl methyl sites for hydroxylation is 1. The Morgan fingerprint density at radius 2 is 2.20 bits per heavy atom. The van der Waals surface area contributed by atoms with Gasteiger partial charge in [0, 0.05) is 12.6 Å². The average molecular weight is 270 g/mol. The van der Waals surface area contributed by atoms with E-state index in [1.54, 1.807) is 30.1 Å². The molecule has 0 aliphatic rings. The van der Waals surface area contributed by atoms with Crippen molar-refractivity contribution in [1.82, 2.24) is 9.78 Å². The predicted molar refractivity (Wildman–Crippen MR) is 60.7 cm³/mol. The van der Waals surface area contributed by atoms with Gasteiger partial charge in [-0.05, 0) is 22.0 Å². The van der Waals surface area contributed by atoms with Crippen molar-refractivity contribution in [1.29, 1.82) is 0 Å². The van der Waals surface area contributed by atoms with Gasteiger partial charge in [0.25, 0.3) is 0 Å². The zero-order valence-corrected chi connectivity index (χ0v) is 9.62. The van der Waals surface area contributed by atoms with Gasteiger partial charge in [-0.25, -0.2) is 4.39 Å². The monoisotopic (exact) mass is 269 g/mol. The first kappa shape index (κ1) is 10.2. The van der Waals surface area contributed by atoms with Crippen LogP contribution in [0.15, 0.2) is 28.9 Å². The summed E-state index contributed by atoms with van der Waals surface area (Å²) in [5.74, 6) is -0.312. The molecule has 0 radical (unpaired) electrons. The van der Waals surface area contributed by atoms with Crippen molar-refractivity contribution >= 4 is 21.6 Å². The number of hydrogen-bond acceptors (Lipinski definition) is 2. The maximum Gasteiger partial charge on any atom is 0.138 e. The fourth-order valence-electron chi connectivity index (χ4n) is 1.47. The number of aromatic nitrogens is 2. The first-order chi connectivity index (χ1) is 7.11. The molecule has 0 aliphatic carbocycles. The third-order valence-corrected chi connectivity index (χ3v) is 2.98. The van der Waals surface area contributed by atoms with E-state index in [9.17, 15) is 4.39 Å². The average Bonchev–Trinajstić information content (AvgIpc) is 2.52. The Kier molecular flexibility index (Phi) is 2.48. The fraction of sp³-hybridized carbons (Fsp3) is 0.100. The van der Waals surface area contributed by atoms with E-state index < -0.39 is 0 Å². The van der Waals surface area contributed by atoms with E-state index in [-0.39, 0.29) is 5.82 Å². The molecule has 2 rings (SSSR count). The van der Waals surface area contributed by atoms with Crippen LogP contribution in [0.5, 0.6) is 0 Å². The number of benzene rings is 1. The van der Waals surface area contributed by atoms with Crippen LogP contribution in [-0.4, -0.2) is 9.78 Å². The van der Waals surface area contributed by atoms with Crippen molar-refractivity contribution in [3.63, 3.8) is 0 Å². The molecule has 0 atom stereocenters. The lowest BCUT2D eigenvalue weighted by atomic mass is 10.1. The van der Waals surface area contributed by atoms with Crippen LogP contribution < -0.4 is 5.73 Å². The van der Waals surface area contributed by atoms with Gasteiger partial charge < -0.3 is 5.73 Å². The molecule has 0 unspecified atom stereocenters. The van der Waals surface area contributed by atoms with Crippen molar-refractivity contribution in [3.05, 3.63) is 34.7 Å². The summed E-state index contributed by atoms with van der Waals surface area (Å²) >= 11 is 3.20. The molecule has 3 nitrogen and oxygen atoms in total. The van der Waals surface area contributed by atoms with Crippen molar-refractivity contribution in [2.24, 2.45) is 7.05 Å². The van der Waals surface area contributed by atoms with Crippen LogP contribution in [0.3, 0.4) is 0 Å². The summed E-state index contributed by atoms with van der Waals surface area (Å²) in [5, 5.41) is 4.01. The summed E-state index contributed by atoms with van der Waals surface area (Å²) in [7, 11) is 1.77. The molecule has 0 fully saturated rings. The Bertz CT molecular complexity index is 488. The van der Waals surface area contributed by atoms with Crippen LogP contribution >= 0.6 is 15.9 Å². The van der Waals surface area contributed by atoms with Gasteiger partial charge in [0.1, 0.15) is 5.82 Å². The minimum absolute atomic E-state index is 0.312. The number of hydrogen-bond donors (Lipinski definition) is 1. The van der Waals surface area contributed by atoms with Crippen LogP contribution in [0.1, 0.15) is 0 Å². The molecule has 0 saturated heterocycles. The number of nitrogens with zero attached hydrogens (tertiary/aromatic N) is 2. The largest absolute Gasteiger partial charge is 0.396 e. The summed E-state index contributed by atoms with van der Waals surface area (Å²) in [6, 6.07) is 4.82. The maximum absolute atomic E-state index is 13.3. The van der Waals surface area contributed by atoms with Gasteiger partial charge in [-0.2, -0.15) is 5.10 Å². The standard InChI is InChI=1S/C10H9BrFN3/c1-15-10(8(13)5-14-15)6-3-2-4-7(12)9(6)11/h2-5H,13H2,1H3. The van der Waals surface area contributed by atoms with E-state index in [4.69, 9.17) is 5.73 Å². The Morgan fingerprint density at radius 3 is 2.80 bits per heavy atom. The van der Waals surface area contributed by atoms with Crippen LogP contribution in [0.25, 0.3) is 11.3 Å². The van der Waals surface area contributed by atoms with Crippen LogP contribution in [0.4, 0.5) is 10.1 Å². The Morgan fingerprint density at radius 1 is 1.47 bits per heavy atom. The minimum atomic E-state index is -0.312. The van der Waals surface area contributed by atoms with Crippen molar-refractivity contribution in [2.75, 3.05) is 5.73 Å². The molecule has 0 saturated carbocycles. The molecular formula is C10H9BrFN3. The molecule has 2 aromatic rings. The molecule has 0 spiro atoms. The molecule has 0 amide bonds. The molecule has 1 aromatic heterocycles. The lowest BCUT2D eigenvalue weighted by molar-refractivity contribution is 0.621. The van der Waals surface area contributed by atoms with E-state index in [0.29, 0.717) is 21.4 Å². The van der Waals surface area contributed by atoms with E-state index in [2.05, 4.69) is 21.0 Å². The first-order valence-electron chi connectivity index (χ1n) is 4.33. The van der Waals surface area contributed by atoms with Gasteiger partial charge in [-0.1, -0.05) is 12.1 Å². The highest BCUT2D eigenvalue weighted by Crippen LogP contribution is 2.33. The third kappa shape index (κ3) is 1.63. The van der Waals surface area contributed by atoms with Crippen molar-refractivity contribution in [3.8, 4) is 11.3 Å². The molecule has 0 aliphatic heterocycles. The van der Waals surface area contributed by atoms with Crippen molar-refractivity contribution in [2.45, 2.75) is 0 Å². The first-order valence-corrected chi connectivity index (χ1v) is 5.12. The highest BCUT2D eigenvalue weighted by Gasteiger charge is 2.13. The SMILES string of the molecule is Cn1ncc(N)c1-c1cccc(F)c1Br. The van der Waals surface area contributed by atoms with Gasteiger partial charge in [0.15, 0.2) is 0 Å². The molecule has 2 N–H and O–H groups in total. The van der Waals surface area contributed by atoms with Crippen molar-refractivity contribution < 1.29 is 4.39 Å². The van der Waals surface area contributed by atoms with E-state index in [1.165, 1.54) is 6.07 Å². The summed E-state index contributed by atoms with van der Waals surface area (Å²) in [6.07, 6.45) is 1.55. The number of anilines is 1. The van der Waals surface area contributed by atoms with Gasteiger partial charge in [0.2, 0.25) is 0 Å². The Balaban J connectivity index is 2.69. The van der Waals surface area contributed by atoms with Crippen LogP contribution in [0, 0.1) is 5.82 Å². The van der Waals surface area contributed by atoms with Crippen LogP contribution in [0.2, 0.25) is 0 Å². The summed E-state index contributed by atoms with van der Waals surface area (Å²) < 4.78 is 15.3. The van der Waals surface area contributed by atoms with Gasteiger partial charge in [0.05, 0.1) is 22.1 Å². The highest BCUT2D eigenvalue weighted by atomic mass is 79.9. The zero-order chi connectivity index (χ0) is 11.0. The summed E-state index contributed by atoms with van der Waals surface area (Å²) in [5.41, 5.74) is 7.71. The lowest BCUT2D eigenvalue weighted by Gasteiger charge is -2.06. The maximum atomic E-state index is 13.3. The quantitative estimate of drug-likeness (QED) is 0.865. The number of rotatable bonds is 1. The number of halogens is 2. The van der Waals surface area contributed by atoms with Crippen LogP contribution in [-0.2, 0) is 7.05 Å². The topological polar surface area (TPSA) is 43.8 Å². The number of nitrogen functional groups attached to an aromatic ring is 1. The fourth-order valence-corrected chi connectivity index (χ4v) is 1.92. The molecule has 0 bridgehead atoms. The second kappa shape index (κ2) is 3.66. The normalized spacial score (nSPS) is 10.6.